The molecule has 0 aliphatic carbocycles. The number of nitrogens with zero attached hydrogens (tertiary/aromatic N) is 2. The van der Waals surface area contributed by atoms with Gasteiger partial charge in [-0.3, -0.25) is 0 Å². The van der Waals surface area contributed by atoms with E-state index in [4.69, 9.17) is 14.2 Å². The number of ether oxygens (including phenoxy) is 3. The van der Waals surface area contributed by atoms with Gasteiger partial charge in [0.25, 0.3) is 0 Å². The Morgan fingerprint density at radius 2 is 1.59 bits per heavy atom. The summed E-state index contributed by atoms with van der Waals surface area (Å²) in [6.45, 7) is 3.47. The standard InChI is InChI=1S/C32H28N2O4S/c1-21(18-33)31-27(19-34)28(32(2,38-31)23-8-6-5-7-9-23)15-13-25-11-10-24(39-25)12-14-26-29(36-3)16-22(20-35)17-30(26)37-4/h5-17,35H,20H2,1-4H3/b14-12+,15-13+,31-21+. The molecule has 0 radical (unpaired) electrons. The molecule has 196 valence electrons. The van der Waals surface area contributed by atoms with Gasteiger partial charge in [-0.1, -0.05) is 36.4 Å². The molecule has 0 spiro atoms. The Morgan fingerprint density at radius 3 is 2.13 bits per heavy atom. The Morgan fingerprint density at radius 1 is 0.974 bits per heavy atom. The molecule has 2 heterocycles. The highest BCUT2D eigenvalue weighted by atomic mass is 32.1. The second-order valence-electron chi connectivity index (χ2n) is 8.95. The first-order valence-electron chi connectivity index (χ1n) is 12.2. The fraction of sp³-hybridized carbons (Fsp3) is 0.188. The molecular weight excluding hydrogens is 508 g/mol. The smallest absolute Gasteiger partial charge is 0.158 e. The SMILES string of the molecule is COc1cc(CO)cc(OC)c1/C=C/c1ccc(/C=C/C2=C(C#N)C(=C(/C)C#N)/OC2(C)c2ccccc2)s1. The van der Waals surface area contributed by atoms with Crippen LogP contribution >= 0.6 is 11.3 Å². The molecule has 1 aliphatic rings. The molecule has 0 fully saturated rings. The van der Waals surface area contributed by atoms with Crippen LogP contribution in [-0.2, 0) is 16.9 Å². The maximum Gasteiger partial charge on any atom is 0.158 e. The predicted octanol–water partition coefficient (Wildman–Crippen LogP) is 7.00. The van der Waals surface area contributed by atoms with E-state index in [1.807, 2.05) is 73.7 Å². The molecule has 4 rings (SSSR count). The van der Waals surface area contributed by atoms with E-state index in [0.717, 1.165) is 20.9 Å². The predicted molar refractivity (Wildman–Crippen MR) is 154 cm³/mol. The van der Waals surface area contributed by atoms with E-state index in [1.165, 1.54) is 0 Å². The summed E-state index contributed by atoms with van der Waals surface area (Å²) in [5, 5.41) is 29.0. The zero-order valence-corrected chi connectivity index (χ0v) is 23.0. The van der Waals surface area contributed by atoms with Gasteiger partial charge >= 0.3 is 0 Å². The molecule has 0 saturated heterocycles. The van der Waals surface area contributed by atoms with Crippen molar-refractivity contribution in [2.75, 3.05) is 14.2 Å². The fourth-order valence-corrected chi connectivity index (χ4v) is 5.25. The van der Waals surface area contributed by atoms with Crippen molar-refractivity contribution in [1.29, 1.82) is 10.5 Å². The van der Waals surface area contributed by atoms with Crippen LogP contribution in [0.25, 0.3) is 18.2 Å². The lowest BCUT2D eigenvalue weighted by molar-refractivity contribution is 0.0750. The molecule has 2 aromatic carbocycles. The summed E-state index contributed by atoms with van der Waals surface area (Å²) >= 11 is 1.58. The van der Waals surface area contributed by atoms with Crippen LogP contribution in [0.5, 0.6) is 11.5 Å². The van der Waals surface area contributed by atoms with E-state index in [1.54, 1.807) is 44.6 Å². The number of allylic oxidation sites excluding steroid dienone is 2. The Labute approximate surface area is 232 Å². The average molecular weight is 537 g/mol. The Bertz CT molecular complexity index is 1560. The van der Waals surface area contributed by atoms with Gasteiger partial charge in [0, 0.05) is 15.3 Å². The zero-order valence-electron chi connectivity index (χ0n) is 22.2. The average Bonchev–Trinajstić information content (AvgIpc) is 3.56. The largest absolute Gasteiger partial charge is 0.496 e. The second-order valence-corrected chi connectivity index (χ2v) is 10.1. The molecule has 0 bridgehead atoms. The number of nitriles is 2. The van der Waals surface area contributed by atoms with Crippen molar-refractivity contribution in [1.82, 2.24) is 0 Å². The molecule has 3 aromatic rings. The molecule has 7 heteroatoms. The molecule has 1 aromatic heterocycles. The molecule has 1 N–H and O–H groups in total. The number of rotatable bonds is 8. The lowest BCUT2D eigenvalue weighted by Crippen LogP contribution is -2.23. The van der Waals surface area contributed by atoms with Gasteiger partial charge in [-0.15, -0.1) is 11.3 Å². The Balaban J connectivity index is 1.68. The van der Waals surface area contributed by atoms with Gasteiger partial charge in [0.05, 0.1) is 38.0 Å². The Hall–Kier alpha value is -4.56. The van der Waals surface area contributed by atoms with Crippen LogP contribution in [0.4, 0.5) is 0 Å². The minimum Gasteiger partial charge on any atom is -0.496 e. The van der Waals surface area contributed by atoms with Gasteiger partial charge in [-0.25, -0.2) is 0 Å². The molecule has 0 amide bonds. The monoisotopic (exact) mass is 536 g/mol. The molecular formula is C32H28N2O4S. The summed E-state index contributed by atoms with van der Waals surface area (Å²) in [6, 6.07) is 21.7. The van der Waals surface area contributed by atoms with Gasteiger partial charge in [0.2, 0.25) is 0 Å². The van der Waals surface area contributed by atoms with Crippen molar-refractivity contribution >= 4 is 29.6 Å². The number of aliphatic hydroxyl groups excluding tert-OH is 1. The van der Waals surface area contributed by atoms with Crippen molar-refractivity contribution in [3.8, 4) is 23.6 Å². The highest BCUT2D eigenvalue weighted by Crippen LogP contribution is 2.47. The highest BCUT2D eigenvalue weighted by molar-refractivity contribution is 7.13. The van der Waals surface area contributed by atoms with Crippen molar-refractivity contribution in [2.24, 2.45) is 0 Å². The number of hydrogen-bond donors (Lipinski definition) is 1. The van der Waals surface area contributed by atoms with Crippen LogP contribution in [0.15, 0.2) is 83.2 Å². The third kappa shape index (κ3) is 5.51. The van der Waals surface area contributed by atoms with E-state index >= 15 is 0 Å². The quantitative estimate of drug-likeness (QED) is 0.311. The Kier molecular flexibility index (Phi) is 8.36. The third-order valence-corrected chi connectivity index (χ3v) is 7.54. The molecule has 1 unspecified atom stereocenters. The van der Waals surface area contributed by atoms with Crippen molar-refractivity contribution in [3.05, 3.63) is 110 Å². The van der Waals surface area contributed by atoms with Crippen LogP contribution in [0.3, 0.4) is 0 Å². The summed E-state index contributed by atoms with van der Waals surface area (Å²) in [6.07, 6.45) is 7.77. The van der Waals surface area contributed by atoms with E-state index in [9.17, 15) is 15.6 Å². The van der Waals surface area contributed by atoms with E-state index in [2.05, 4.69) is 12.1 Å². The number of thiophene rings is 1. The first-order chi connectivity index (χ1) is 18.9. The summed E-state index contributed by atoms with van der Waals surface area (Å²) in [5.74, 6) is 1.54. The summed E-state index contributed by atoms with van der Waals surface area (Å²) in [5.41, 5.74) is 2.88. The maximum atomic E-state index is 10.0. The summed E-state index contributed by atoms with van der Waals surface area (Å²) < 4.78 is 17.3. The van der Waals surface area contributed by atoms with Crippen molar-refractivity contribution in [2.45, 2.75) is 26.1 Å². The van der Waals surface area contributed by atoms with Gasteiger partial charge < -0.3 is 19.3 Å². The van der Waals surface area contributed by atoms with Gasteiger partial charge in [-0.05, 0) is 67.5 Å². The normalized spacial score (nSPS) is 18.2. The molecule has 1 atom stereocenters. The lowest BCUT2D eigenvalue weighted by atomic mass is 9.86. The maximum absolute atomic E-state index is 10.0. The second kappa shape index (κ2) is 11.9. The number of methoxy groups -OCH3 is 2. The van der Waals surface area contributed by atoms with Crippen LogP contribution < -0.4 is 9.47 Å². The third-order valence-electron chi connectivity index (χ3n) is 6.52. The van der Waals surface area contributed by atoms with Crippen molar-refractivity contribution in [3.63, 3.8) is 0 Å². The van der Waals surface area contributed by atoms with Gasteiger partial charge in [-0.2, -0.15) is 10.5 Å². The molecule has 6 nitrogen and oxygen atoms in total. The van der Waals surface area contributed by atoms with Gasteiger partial charge in [0.15, 0.2) is 11.4 Å². The van der Waals surface area contributed by atoms with Crippen LogP contribution in [0, 0.1) is 22.7 Å². The summed E-state index contributed by atoms with van der Waals surface area (Å²) in [7, 11) is 3.17. The number of hydrogen-bond acceptors (Lipinski definition) is 7. The fourth-order valence-electron chi connectivity index (χ4n) is 4.44. The van der Waals surface area contributed by atoms with Crippen LogP contribution in [0.1, 0.15) is 40.3 Å². The minimum absolute atomic E-state index is 0.108. The zero-order chi connectivity index (χ0) is 28.0. The lowest BCUT2D eigenvalue weighted by Gasteiger charge is -2.27. The molecule has 1 aliphatic heterocycles. The number of aliphatic hydroxyl groups is 1. The highest BCUT2D eigenvalue weighted by Gasteiger charge is 2.43. The van der Waals surface area contributed by atoms with Crippen LogP contribution in [0.2, 0.25) is 0 Å². The topological polar surface area (TPSA) is 95.5 Å². The van der Waals surface area contributed by atoms with E-state index in [-0.39, 0.29) is 6.61 Å². The molecule has 0 saturated carbocycles. The minimum atomic E-state index is -0.913. The first-order valence-corrected chi connectivity index (χ1v) is 13.0. The van der Waals surface area contributed by atoms with E-state index < -0.39 is 5.60 Å². The van der Waals surface area contributed by atoms with Crippen molar-refractivity contribution < 1.29 is 19.3 Å². The van der Waals surface area contributed by atoms with E-state index in [0.29, 0.717) is 39.5 Å². The van der Waals surface area contributed by atoms with Gasteiger partial charge in [0.1, 0.15) is 23.1 Å². The first kappa shape index (κ1) is 27.5. The summed E-state index contributed by atoms with van der Waals surface area (Å²) in [4.78, 5) is 1.99. The van der Waals surface area contributed by atoms with Crippen LogP contribution in [-0.4, -0.2) is 19.3 Å². The molecule has 39 heavy (non-hydrogen) atoms. The number of benzene rings is 2.